The average molecular weight is 542 g/mol. The van der Waals surface area contributed by atoms with E-state index >= 15 is 0 Å². The van der Waals surface area contributed by atoms with Gasteiger partial charge in [0.1, 0.15) is 17.6 Å². The second kappa shape index (κ2) is 11.4. The van der Waals surface area contributed by atoms with E-state index in [0.29, 0.717) is 29.4 Å². The van der Waals surface area contributed by atoms with Crippen molar-refractivity contribution in [1.29, 1.82) is 0 Å². The molecule has 1 aliphatic rings. The summed E-state index contributed by atoms with van der Waals surface area (Å²) < 4.78 is 23.4. The fraction of sp³-hybridized carbons (Fsp3) is 0.226. The lowest BCUT2D eigenvalue weighted by molar-refractivity contribution is -0.123. The second-order valence-corrected chi connectivity index (χ2v) is 9.33. The van der Waals surface area contributed by atoms with Gasteiger partial charge in [-0.1, -0.05) is 12.1 Å². The van der Waals surface area contributed by atoms with E-state index in [9.17, 15) is 9.90 Å². The third-order valence-electron chi connectivity index (χ3n) is 7.06. The summed E-state index contributed by atoms with van der Waals surface area (Å²) in [4.78, 5) is 18.0. The third-order valence-corrected chi connectivity index (χ3v) is 7.06. The van der Waals surface area contributed by atoms with Crippen molar-refractivity contribution in [2.75, 3.05) is 21.3 Å². The number of nitrogens with zero attached hydrogens (tertiary/aromatic N) is 2. The Morgan fingerprint density at radius 1 is 1.10 bits per heavy atom. The van der Waals surface area contributed by atoms with Crippen LogP contribution in [0.25, 0.3) is 11.1 Å². The molecule has 40 heavy (non-hydrogen) atoms. The van der Waals surface area contributed by atoms with E-state index in [-0.39, 0.29) is 18.2 Å². The number of aromatic nitrogens is 2. The summed E-state index contributed by atoms with van der Waals surface area (Å²) in [6.07, 6.45) is 9.33. The van der Waals surface area contributed by atoms with E-state index in [1.54, 1.807) is 54.9 Å². The molecule has 0 saturated carbocycles. The van der Waals surface area contributed by atoms with Crippen molar-refractivity contribution in [1.82, 2.24) is 14.9 Å². The molecule has 5 rings (SSSR count). The van der Waals surface area contributed by atoms with Crippen LogP contribution in [-0.4, -0.2) is 41.9 Å². The first kappa shape index (κ1) is 26.7. The van der Waals surface area contributed by atoms with Crippen LogP contribution >= 0.6 is 0 Å². The molecule has 2 aromatic heterocycles. The Morgan fingerprint density at radius 3 is 2.50 bits per heavy atom. The molecule has 0 aliphatic heterocycles. The smallest absolute Gasteiger partial charge is 0.248 e. The van der Waals surface area contributed by atoms with Gasteiger partial charge in [0.25, 0.3) is 0 Å². The third kappa shape index (κ3) is 5.05. The highest BCUT2D eigenvalue weighted by molar-refractivity contribution is 6.07. The molecule has 2 N–H and O–H groups in total. The average Bonchev–Trinajstić information content (AvgIpc) is 3.74. The van der Waals surface area contributed by atoms with Crippen LogP contribution in [0.15, 0.2) is 83.5 Å². The van der Waals surface area contributed by atoms with Crippen LogP contribution in [0, 0.1) is 0 Å². The van der Waals surface area contributed by atoms with E-state index in [1.807, 2.05) is 31.2 Å². The summed E-state index contributed by atoms with van der Waals surface area (Å²) in [5.41, 5.74) is 5.63. The number of rotatable bonds is 10. The number of methoxy groups -OCH3 is 3. The van der Waals surface area contributed by atoms with Crippen molar-refractivity contribution >= 4 is 17.1 Å². The van der Waals surface area contributed by atoms with Crippen molar-refractivity contribution in [3.63, 3.8) is 0 Å². The molecule has 206 valence electrons. The number of nitrogens with one attached hydrogen (secondary N) is 1. The largest absolute Gasteiger partial charge is 0.502 e. The minimum atomic E-state index is -0.678. The predicted octanol–water partition coefficient (Wildman–Crippen LogP) is 5.18. The Bertz CT molecular complexity index is 1540. The number of imidazole rings is 1. The van der Waals surface area contributed by atoms with E-state index in [0.717, 1.165) is 33.4 Å². The van der Waals surface area contributed by atoms with Crippen molar-refractivity contribution in [3.05, 3.63) is 102 Å². The molecule has 1 atom stereocenters. The summed E-state index contributed by atoms with van der Waals surface area (Å²) in [6, 6.07) is 12.4. The van der Waals surface area contributed by atoms with Crippen LogP contribution in [0.4, 0.5) is 0 Å². The van der Waals surface area contributed by atoms with Crippen LogP contribution in [-0.2, 0) is 17.8 Å². The lowest BCUT2D eigenvalue weighted by Gasteiger charge is -2.21. The number of fused-ring (bicyclic) bond motifs is 1. The Labute approximate surface area is 232 Å². The first-order valence-electron chi connectivity index (χ1n) is 12.8. The maximum Gasteiger partial charge on any atom is 0.248 e. The number of hydrogen-bond acceptors (Lipinski definition) is 7. The molecule has 1 unspecified atom stereocenters. The van der Waals surface area contributed by atoms with Crippen LogP contribution in [0.3, 0.4) is 0 Å². The van der Waals surface area contributed by atoms with Gasteiger partial charge in [-0.05, 0) is 83.2 Å². The minimum Gasteiger partial charge on any atom is -0.502 e. The molecule has 1 amide bonds. The highest BCUT2D eigenvalue weighted by Crippen LogP contribution is 2.47. The van der Waals surface area contributed by atoms with Crippen molar-refractivity contribution in [2.24, 2.45) is 0 Å². The topological polar surface area (TPSA) is 108 Å². The Kier molecular flexibility index (Phi) is 7.63. The number of allylic oxidation sites excluding steroid dienone is 3. The van der Waals surface area contributed by atoms with Crippen molar-refractivity contribution in [2.45, 2.75) is 25.9 Å². The quantitative estimate of drug-likeness (QED) is 0.285. The zero-order valence-electron chi connectivity index (χ0n) is 22.8. The van der Waals surface area contributed by atoms with Crippen molar-refractivity contribution < 1.29 is 28.5 Å². The van der Waals surface area contributed by atoms with Gasteiger partial charge >= 0.3 is 0 Å². The molecule has 2 aromatic carbocycles. The normalized spacial score (nSPS) is 14.2. The SMILES string of the molecule is COc1ccc2c(c1)C(C(C(=O)NCc1ccco1)n1ccnc1)=C(C)/C2=C/Cc1cc(OC)c(O)c(OC)c1. The van der Waals surface area contributed by atoms with Gasteiger partial charge in [0.2, 0.25) is 11.7 Å². The molecular weight excluding hydrogens is 510 g/mol. The second-order valence-electron chi connectivity index (χ2n) is 9.33. The van der Waals surface area contributed by atoms with Gasteiger partial charge in [-0.15, -0.1) is 0 Å². The molecule has 0 saturated heterocycles. The number of carbonyl (C=O) groups is 1. The molecule has 1 aliphatic carbocycles. The number of hydrogen-bond donors (Lipinski definition) is 2. The van der Waals surface area contributed by atoms with E-state index < -0.39 is 6.04 Å². The van der Waals surface area contributed by atoms with Gasteiger partial charge in [-0.3, -0.25) is 4.79 Å². The van der Waals surface area contributed by atoms with Gasteiger partial charge < -0.3 is 33.6 Å². The number of aromatic hydroxyl groups is 1. The number of ether oxygens (including phenoxy) is 3. The first-order valence-corrected chi connectivity index (χ1v) is 12.8. The fourth-order valence-electron chi connectivity index (χ4n) is 5.08. The van der Waals surface area contributed by atoms with E-state index in [2.05, 4.69) is 16.4 Å². The molecule has 0 spiro atoms. The first-order chi connectivity index (χ1) is 19.4. The fourth-order valence-corrected chi connectivity index (χ4v) is 5.08. The van der Waals surface area contributed by atoms with Gasteiger partial charge in [0, 0.05) is 12.4 Å². The molecule has 0 radical (unpaired) electrons. The van der Waals surface area contributed by atoms with Crippen LogP contribution < -0.4 is 19.5 Å². The van der Waals surface area contributed by atoms with Gasteiger partial charge in [0.05, 0.1) is 40.5 Å². The maximum atomic E-state index is 13.8. The van der Waals surface area contributed by atoms with Gasteiger partial charge in [-0.25, -0.2) is 4.98 Å². The molecule has 9 nitrogen and oxygen atoms in total. The molecular formula is C31H31N3O6. The van der Waals surface area contributed by atoms with E-state index in [1.165, 1.54) is 14.2 Å². The predicted molar refractivity (Wildman–Crippen MR) is 150 cm³/mol. The lowest BCUT2D eigenvalue weighted by atomic mass is 9.97. The summed E-state index contributed by atoms with van der Waals surface area (Å²) in [7, 11) is 4.63. The maximum absolute atomic E-state index is 13.8. The summed E-state index contributed by atoms with van der Waals surface area (Å²) in [5, 5.41) is 13.3. The molecule has 9 heteroatoms. The number of amides is 1. The Hall–Kier alpha value is -4.92. The van der Waals surface area contributed by atoms with E-state index in [4.69, 9.17) is 18.6 Å². The molecule has 0 bridgehead atoms. The Morgan fingerprint density at radius 2 is 1.88 bits per heavy atom. The summed E-state index contributed by atoms with van der Waals surface area (Å²) >= 11 is 0. The van der Waals surface area contributed by atoms with Crippen molar-refractivity contribution in [3.8, 4) is 23.0 Å². The zero-order chi connectivity index (χ0) is 28.2. The Balaban J connectivity index is 1.58. The highest BCUT2D eigenvalue weighted by Gasteiger charge is 2.34. The van der Waals surface area contributed by atoms with Gasteiger partial charge in [0.15, 0.2) is 11.5 Å². The number of furan rings is 1. The summed E-state index contributed by atoms with van der Waals surface area (Å²) in [5.74, 6) is 1.81. The number of phenols is 1. The highest BCUT2D eigenvalue weighted by atomic mass is 16.5. The zero-order valence-corrected chi connectivity index (χ0v) is 22.8. The van der Waals surface area contributed by atoms with Crippen LogP contribution in [0.1, 0.15) is 35.4 Å². The molecule has 2 heterocycles. The standard InChI is InChI=1S/C31H31N3O6/c1-19-23(9-7-20-14-26(38-3)30(35)27(15-20)39-4)24-10-8-21(37-2)16-25(24)28(19)29(34-12-11-32-18-34)31(36)33-17-22-6-5-13-40-22/h5-6,8-16,18,29,35H,7,17H2,1-4H3,(H,33,36)/b23-9-. The van der Waals surface area contributed by atoms with Crippen LogP contribution in [0.5, 0.6) is 23.0 Å². The van der Waals surface area contributed by atoms with Gasteiger partial charge in [-0.2, -0.15) is 0 Å². The number of carbonyl (C=O) groups excluding carboxylic acids is 1. The van der Waals surface area contributed by atoms with Crippen LogP contribution in [0.2, 0.25) is 0 Å². The number of benzene rings is 2. The molecule has 4 aromatic rings. The lowest BCUT2D eigenvalue weighted by Crippen LogP contribution is -2.32. The minimum absolute atomic E-state index is 0.0400. The summed E-state index contributed by atoms with van der Waals surface area (Å²) in [6.45, 7) is 2.29. The molecule has 0 fully saturated rings. The monoisotopic (exact) mass is 541 g/mol. The number of phenolic OH excluding ortho intramolecular Hbond substituents is 1.